The quantitative estimate of drug-likeness (QED) is 0.289. The molecule has 0 aliphatic heterocycles. The number of fused-ring (bicyclic) bond motifs is 1. The van der Waals surface area contributed by atoms with E-state index in [4.69, 9.17) is 16.0 Å². The molecule has 120 valence electrons. The van der Waals surface area contributed by atoms with E-state index in [2.05, 4.69) is 0 Å². The summed E-state index contributed by atoms with van der Waals surface area (Å²) in [6.07, 6.45) is 3.43. The summed E-state index contributed by atoms with van der Waals surface area (Å²) >= 11 is 5.91. The average Bonchev–Trinajstić information content (AvgIpc) is 2.45. The lowest BCUT2D eigenvalue weighted by molar-refractivity contribution is -0.597. The number of hydrogen-bond donors (Lipinski definition) is 0. The summed E-state index contributed by atoms with van der Waals surface area (Å²) in [5, 5.41) is 1.43. The van der Waals surface area contributed by atoms with Crippen LogP contribution in [-0.4, -0.2) is 7.25 Å². The van der Waals surface area contributed by atoms with Gasteiger partial charge < -0.3 is 21.7 Å². The van der Waals surface area contributed by atoms with Crippen LogP contribution < -0.4 is 10.2 Å². The lowest BCUT2D eigenvalue weighted by atomic mass is 10.2. The Labute approximate surface area is 132 Å². The molecule has 3 aromatic rings. The van der Waals surface area contributed by atoms with Crippen LogP contribution in [0.4, 0.5) is 17.3 Å². The van der Waals surface area contributed by atoms with Crippen molar-refractivity contribution in [2.75, 3.05) is 0 Å². The van der Waals surface area contributed by atoms with Gasteiger partial charge in [-0.2, -0.15) is 4.57 Å². The first kappa shape index (κ1) is 17.0. The second-order valence-corrected chi connectivity index (χ2v) is 4.82. The van der Waals surface area contributed by atoms with Crippen molar-refractivity contribution in [3.8, 4) is 5.69 Å². The summed E-state index contributed by atoms with van der Waals surface area (Å²) in [6, 6.07) is 12.7. The summed E-state index contributed by atoms with van der Waals surface area (Å²) in [5.74, 6) is 0. The molecule has 9 heteroatoms. The number of hydrogen-bond acceptors (Lipinski definition) is 2. The van der Waals surface area contributed by atoms with E-state index in [1.165, 1.54) is 0 Å². The van der Waals surface area contributed by atoms with Gasteiger partial charge in [-0.25, -0.2) is 4.79 Å². The summed E-state index contributed by atoms with van der Waals surface area (Å²) in [7, 11) is -6.00. The molecule has 0 aliphatic rings. The van der Waals surface area contributed by atoms with Crippen molar-refractivity contribution in [3.05, 3.63) is 70.3 Å². The second-order valence-electron chi connectivity index (χ2n) is 4.38. The molecule has 2 heterocycles. The summed E-state index contributed by atoms with van der Waals surface area (Å²) < 4.78 is 45.9. The molecule has 0 saturated carbocycles. The number of rotatable bonds is 1. The minimum absolute atomic E-state index is 0.388. The van der Waals surface area contributed by atoms with Crippen LogP contribution in [0.3, 0.4) is 0 Å². The first-order valence-electron chi connectivity index (χ1n) is 6.31. The van der Waals surface area contributed by atoms with Gasteiger partial charge in [-0.1, -0.05) is 29.8 Å². The van der Waals surface area contributed by atoms with E-state index in [1.54, 1.807) is 41.2 Å². The molecule has 23 heavy (non-hydrogen) atoms. The number of benzene rings is 1. The molecule has 0 atom stereocenters. The lowest BCUT2D eigenvalue weighted by Gasteiger charge is -1.97. The van der Waals surface area contributed by atoms with Crippen LogP contribution in [0.15, 0.2) is 64.1 Å². The topological polar surface area (TPSA) is 34.1 Å². The van der Waals surface area contributed by atoms with Crippen molar-refractivity contribution in [3.63, 3.8) is 0 Å². The Hall–Kier alpha value is -2.35. The Kier molecular flexibility index (Phi) is 5.05. The number of nitrogens with zero attached hydrogens (tertiary/aromatic N) is 1. The maximum Gasteiger partial charge on any atom is 0.673 e. The minimum Gasteiger partial charge on any atom is -0.418 e. The van der Waals surface area contributed by atoms with Crippen molar-refractivity contribution in [1.82, 2.24) is 0 Å². The Balaban J connectivity index is 0.000000338. The zero-order valence-electron chi connectivity index (χ0n) is 11.4. The van der Waals surface area contributed by atoms with Crippen LogP contribution >= 0.6 is 11.6 Å². The van der Waals surface area contributed by atoms with Gasteiger partial charge in [0.1, 0.15) is 10.6 Å². The smallest absolute Gasteiger partial charge is 0.418 e. The third-order valence-corrected chi connectivity index (χ3v) is 2.89. The molecule has 0 spiro atoms. The molecular weight excluding hydrogens is 336 g/mol. The van der Waals surface area contributed by atoms with Gasteiger partial charge in [-0.3, -0.25) is 0 Å². The van der Waals surface area contributed by atoms with Crippen molar-refractivity contribution in [2.45, 2.75) is 0 Å². The fourth-order valence-corrected chi connectivity index (χ4v) is 2.01. The SMILES string of the molecule is F[B-](F)(F)F.O=c1oc2ccccc2cc1-[n+]1cccc(Cl)c1. The number of pyridine rings is 1. The van der Waals surface area contributed by atoms with Crippen LogP contribution in [0.1, 0.15) is 0 Å². The molecule has 0 bridgehead atoms. The zero-order valence-corrected chi connectivity index (χ0v) is 12.2. The number of halogens is 5. The van der Waals surface area contributed by atoms with Gasteiger partial charge in [0.25, 0.3) is 5.69 Å². The predicted octanol–water partition coefficient (Wildman–Crippen LogP) is 4.02. The molecule has 0 aliphatic carbocycles. The highest BCUT2D eigenvalue weighted by Crippen LogP contribution is 2.13. The Morgan fingerprint density at radius 2 is 1.70 bits per heavy atom. The summed E-state index contributed by atoms with van der Waals surface area (Å²) in [4.78, 5) is 11.9. The highest BCUT2D eigenvalue weighted by atomic mass is 35.5. The first-order valence-corrected chi connectivity index (χ1v) is 6.69. The lowest BCUT2D eigenvalue weighted by Crippen LogP contribution is -2.35. The van der Waals surface area contributed by atoms with Crippen molar-refractivity contribution >= 4 is 29.8 Å². The Bertz CT molecular complexity index is 876. The van der Waals surface area contributed by atoms with E-state index in [1.807, 2.05) is 18.2 Å². The van der Waals surface area contributed by atoms with Gasteiger partial charge in [0.15, 0.2) is 12.4 Å². The van der Waals surface area contributed by atoms with Gasteiger partial charge in [0.05, 0.1) is 0 Å². The van der Waals surface area contributed by atoms with Crippen LogP contribution in [0.5, 0.6) is 0 Å². The monoisotopic (exact) mass is 345 g/mol. The molecule has 3 rings (SSSR count). The van der Waals surface area contributed by atoms with E-state index >= 15 is 0 Å². The number of para-hydroxylation sites is 1. The molecule has 0 amide bonds. The maximum absolute atomic E-state index is 11.9. The van der Waals surface area contributed by atoms with Gasteiger partial charge in [0.2, 0.25) is 0 Å². The molecule has 3 nitrogen and oxygen atoms in total. The molecule has 1 aromatic carbocycles. The fourth-order valence-electron chi connectivity index (χ4n) is 1.83. The summed E-state index contributed by atoms with van der Waals surface area (Å²) in [6.45, 7) is 0. The molecule has 0 saturated heterocycles. The van der Waals surface area contributed by atoms with Gasteiger partial charge in [-0.05, 0) is 12.1 Å². The van der Waals surface area contributed by atoms with Crippen molar-refractivity contribution in [1.29, 1.82) is 0 Å². The van der Waals surface area contributed by atoms with Crippen LogP contribution in [0.2, 0.25) is 5.02 Å². The third kappa shape index (κ3) is 5.10. The Morgan fingerprint density at radius 3 is 2.35 bits per heavy atom. The summed E-state index contributed by atoms with van der Waals surface area (Å²) in [5.41, 5.74) is 0.631. The minimum atomic E-state index is -6.00. The molecule has 2 aromatic heterocycles. The fraction of sp³-hybridized carbons (Fsp3) is 0. The second kappa shape index (κ2) is 6.83. The van der Waals surface area contributed by atoms with E-state index in [-0.39, 0.29) is 5.63 Å². The normalized spacial score (nSPS) is 11.0. The molecule has 0 fully saturated rings. The van der Waals surface area contributed by atoms with Crippen LogP contribution in [0, 0.1) is 0 Å². The molecule has 0 unspecified atom stereocenters. The van der Waals surface area contributed by atoms with Gasteiger partial charge >= 0.3 is 12.9 Å². The van der Waals surface area contributed by atoms with Crippen molar-refractivity contribution < 1.29 is 26.2 Å². The number of aromatic nitrogens is 1. The highest BCUT2D eigenvalue weighted by molar-refractivity contribution is 6.50. The standard InChI is InChI=1S/C14H9ClNO2.BF4/c15-11-5-3-7-16(9-11)12-8-10-4-1-2-6-13(10)18-14(12)17;2-1(3,4)5/h1-9H;/q+1;-1. The Morgan fingerprint density at radius 1 is 1.04 bits per heavy atom. The van der Waals surface area contributed by atoms with Crippen LogP contribution in [0.25, 0.3) is 16.7 Å². The van der Waals surface area contributed by atoms with Crippen LogP contribution in [-0.2, 0) is 0 Å². The molecule has 0 N–H and O–H groups in total. The highest BCUT2D eigenvalue weighted by Gasteiger charge is 2.20. The first-order chi connectivity index (χ1) is 10.7. The van der Waals surface area contributed by atoms with E-state index in [0.29, 0.717) is 16.3 Å². The molecular formula is C14H9BClF4NO2. The van der Waals surface area contributed by atoms with Gasteiger partial charge in [0, 0.05) is 17.5 Å². The zero-order chi connectivity index (χ0) is 17.0. The maximum atomic E-state index is 11.9. The van der Waals surface area contributed by atoms with Crippen molar-refractivity contribution in [2.24, 2.45) is 0 Å². The molecule has 0 radical (unpaired) electrons. The van der Waals surface area contributed by atoms with E-state index in [9.17, 15) is 22.1 Å². The third-order valence-electron chi connectivity index (χ3n) is 2.67. The largest absolute Gasteiger partial charge is 0.673 e. The predicted molar refractivity (Wildman–Crippen MR) is 79.2 cm³/mol. The average molecular weight is 345 g/mol. The van der Waals surface area contributed by atoms with E-state index in [0.717, 1.165) is 5.39 Å². The van der Waals surface area contributed by atoms with Gasteiger partial charge in [-0.15, -0.1) is 0 Å². The van der Waals surface area contributed by atoms with E-state index < -0.39 is 7.25 Å².